The Labute approximate surface area is 162 Å². The van der Waals surface area contributed by atoms with Crippen molar-refractivity contribution in [2.45, 2.75) is 38.6 Å². The van der Waals surface area contributed by atoms with Crippen molar-refractivity contribution in [3.63, 3.8) is 0 Å². The van der Waals surface area contributed by atoms with Crippen LogP contribution in [0, 0.1) is 10.1 Å². The molecule has 1 N–H and O–H groups in total. The Morgan fingerprint density at radius 2 is 1.96 bits per heavy atom. The Morgan fingerprint density at radius 1 is 1.28 bits per heavy atom. The smallest absolute Gasteiger partial charge is 0.311 e. The predicted molar refractivity (Wildman–Crippen MR) is 105 cm³/mol. The molecule has 1 aromatic rings. The molecule has 0 aromatic heterocycles. The number of piperazine rings is 1. The summed E-state index contributed by atoms with van der Waals surface area (Å²) in [6, 6.07) is 5.64. The van der Waals surface area contributed by atoms with Crippen molar-refractivity contribution in [1.82, 2.24) is 10.2 Å². The summed E-state index contributed by atoms with van der Waals surface area (Å²) in [6.07, 6.45) is 4.56. The van der Waals surface area contributed by atoms with Crippen LogP contribution in [-0.2, 0) is 0 Å². The minimum Gasteiger partial charge on any atom is -0.490 e. The summed E-state index contributed by atoms with van der Waals surface area (Å²) in [7, 11) is 1.47. The van der Waals surface area contributed by atoms with Gasteiger partial charge in [0.2, 0.25) is 0 Å². The Hall–Kier alpha value is -1.08. The number of nitro groups is 1. The molecular weight excluding hydrogens is 365 g/mol. The molecule has 2 rings (SSSR count). The normalized spacial score (nSPS) is 15.6. The fraction of sp³-hybridized carbons (Fsp3) is 0.647. The van der Waals surface area contributed by atoms with Gasteiger partial charge in [-0.3, -0.25) is 15.0 Å². The van der Waals surface area contributed by atoms with Crippen LogP contribution in [0.3, 0.4) is 0 Å². The summed E-state index contributed by atoms with van der Waals surface area (Å²) in [6.45, 7) is 6.11. The average molecular weight is 394 g/mol. The van der Waals surface area contributed by atoms with Crippen LogP contribution in [0.1, 0.15) is 44.2 Å². The van der Waals surface area contributed by atoms with Crippen LogP contribution in [0.25, 0.3) is 0 Å². The van der Waals surface area contributed by atoms with Crippen LogP contribution in [0.15, 0.2) is 18.2 Å². The van der Waals surface area contributed by atoms with Crippen LogP contribution in [0.2, 0.25) is 0 Å². The Balaban J connectivity index is 0.00000288. The number of nitro benzene ring substituents is 1. The van der Waals surface area contributed by atoms with E-state index in [4.69, 9.17) is 4.74 Å². The third-order valence-corrected chi connectivity index (χ3v) is 4.46. The highest BCUT2D eigenvalue weighted by Crippen LogP contribution is 2.34. The molecule has 144 valence electrons. The zero-order valence-electron chi connectivity index (χ0n) is 14.9. The quantitative estimate of drug-likeness (QED) is 0.411. The van der Waals surface area contributed by atoms with Crippen molar-refractivity contribution in [3.8, 4) is 5.75 Å². The van der Waals surface area contributed by atoms with Crippen molar-refractivity contribution in [1.29, 1.82) is 0 Å². The second-order valence-corrected chi connectivity index (χ2v) is 5.99. The minimum absolute atomic E-state index is 0. The molecule has 0 saturated carbocycles. The van der Waals surface area contributed by atoms with Crippen LogP contribution < -0.4 is 10.1 Å². The molecule has 0 bridgehead atoms. The summed E-state index contributed by atoms with van der Waals surface area (Å²) in [5.74, 6) is 0.325. The van der Waals surface area contributed by atoms with Gasteiger partial charge in [0.25, 0.3) is 0 Å². The number of hydrogen-bond acceptors (Lipinski definition) is 5. The van der Waals surface area contributed by atoms with Crippen molar-refractivity contribution >= 4 is 30.5 Å². The van der Waals surface area contributed by atoms with E-state index < -0.39 is 0 Å². The van der Waals surface area contributed by atoms with Crippen LogP contribution in [-0.4, -0.2) is 43.1 Å². The minimum atomic E-state index is -0.358. The summed E-state index contributed by atoms with van der Waals surface area (Å²) < 4.78 is 5.12. The van der Waals surface area contributed by atoms with Crippen LogP contribution in [0.5, 0.6) is 5.75 Å². The monoisotopic (exact) mass is 393 g/mol. The molecule has 0 radical (unpaired) electrons. The van der Waals surface area contributed by atoms with Crippen LogP contribution in [0.4, 0.5) is 5.69 Å². The Bertz CT molecular complexity index is 526. The lowest BCUT2D eigenvalue weighted by Gasteiger charge is -2.35. The fourth-order valence-electron chi connectivity index (χ4n) is 3.20. The molecule has 1 saturated heterocycles. The maximum absolute atomic E-state index is 11.3. The SMILES string of the molecule is CCCCC[C@H](c1ccc(OC)c([N+](=O)[O-])c1)N1CCNCC1.Cl.Cl. The molecule has 1 fully saturated rings. The number of hydrogen-bond donors (Lipinski definition) is 1. The number of benzene rings is 1. The lowest BCUT2D eigenvalue weighted by molar-refractivity contribution is -0.385. The fourth-order valence-corrected chi connectivity index (χ4v) is 3.20. The first-order valence-electron chi connectivity index (χ1n) is 8.44. The van der Waals surface area contributed by atoms with E-state index in [9.17, 15) is 10.1 Å². The lowest BCUT2D eigenvalue weighted by Crippen LogP contribution is -2.45. The van der Waals surface area contributed by atoms with Gasteiger partial charge in [-0.2, -0.15) is 0 Å². The van der Waals surface area contributed by atoms with Gasteiger partial charge in [0.1, 0.15) is 0 Å². The average Bonchev–Trinajstić information content (AvgIpc) is 2.59. The first kappa shape index (κ1) is 23.9. The van der Waals surface area contributed by atoms with Gasteiger partial charge in [-0.05, 0) is 18.1 Å². The van der Waals surface area contributed by atoms with Gasteiger partial charge in [-0.15, -0.1) is 24.8 Å². The maximum atomic E-state index is 11.3. The Kier molecular flexibility index (Phi) is 11.8. The number of rotatable bonds is 8. The van der Waals surface area contributed by atoms with Crippen molar-refractivity contribution in [3.05, 3.63) is 33.9 Å². The first-order valence-corrected chi connectivity index (χ1v) is 8.44. The van der Waals surface area contributed by atoms with E-state index in [2.05, 4.69) is 17.1 Å². The predicted octanol–water partition coefficient (Wildman–Crippen LogP) is 3.97. The van der Waals surface area contributed by atoms with Gasteiger partial charge in [-0.25, -0.2) is 0 Å². The number of nitrogens with zero attached hydrogens (tertiary/aromatic N) is 2. The summed E-state index contributed by atoms with van der Waals surface area (Å²) in [4.78, 5) is 13.4. The van der Waals surface area contributed by atoms with Crippen molar-refractivity contribution < 1.29 is 9.66 Å². The van der Waals surface area contributed by atoms with E-state index in [0.717, 1.165) is 44.6 Å². The molecule has 1 heterocycles. The summed E-state index contributed by atoms with van der Waals surface area (Å²) in [5.41, 5.74) is 1.08. The number of nitrogens with one attached hydrogen (secondary N) is 1. The van der Waals surface area contributed by atoms with Gasteiger partial charge in [0.05, 0.1) is 12.0 Å². The van der Waals surface area contributed by atoms with E-state index in [0.29, 0.717) is 5.75 Å². The second kappa shape index (κ2) is 12.3. The van der Waals surface area contributed by atoms with Gasteiger partial charge in [0, 0.05) is 38.3 Å². The van der Waals surface area contributed by atoms with Gasteiger partial charge >= 0.3 is 5.69 Å². The van der Waals surface area contributed by atoms with E-state index in [1.807, 2.05) is 6.07 Å². The number of unbranched alkanes of at least 4 members (excludes halogenated alkanes) is 2. The van der Waals surface area contributed by atoms with Gasteiger partial charge < -0.3 is 10.1 Å². The number of halogens is 2. The molecular formula is C17H29Cl2N3O3. The molecule has 0 spiro atoms. The van der Waals surface area contributed by atoms with Gasteiger partial charge in [0.15, 0.2) is 5.75 Å². The van der Waals surface area contributed by atoms with E-state index in [1.54, 1.807) is 12.1 Å². The van der Waals surface area contributed by atoms with Crippen molar-refractivity contribution in [2.75, 3.05) is 33.3 Å². The second-order valence-electron chi connectivity index (χ2n) is 5.99. The highest BCUT2D eigenvalue weighted by molar-refractivity contribution is 5.85. The zero-order chi connectivity index (χ0) is 16.7. The third kappa shape index (κ3) is 6.62. The molecule has 1 aliphatic heterocycles. The van der Waals surface area contributed by atoms with E-state index in [1.165, 1.54) is 20.0 Å². The van der Waals surface area contributed by atoms with E-state index >= 15 is 0 Å². The molecule has 6 nitrogen and oxygen atoms in total. The summed E-state index contributed by atoms with van der Waals surface area (Å²) in [5, 5.41) is 14.7. The maximum Gasteiger partial charge on any atom is 0.311 e. The highest BCUT2D eigenvalue weighted by Gasteiger charge is 2.25. The molecule has 1 aromatic carbocycles. The third-order valence-electron chi connectivity index (χ3n) is 4.46. The Morgan fingerprint density at radius 3 is 2.52 bits per heavy atom. The lowest BCUT2D eigenvalue weighted by atomic mass is 9.97. The molecule has 25 heavy (non-hydrogen) atoms. The molecule has 0 unspecified atom stereocenters. The topological polar surface area (TPSA) is 67.6 Å². The zero-order valence-corrected chi connectivity index (χ0v) is 16.5. The summed E-state index contributed by atoms with van der Waals surface area (Å²) >= 11 is 0. The molecule has 0 aliphatic carbocycles. The van der Waals surface area contributed by atoms with Gasteiger partial charge in [-0.1, -0.05) is 32.3 Å². The van der Waals surface area contributed by atoms with E-state index in [-0.39, 0.29) is 41.5 Å². The number of ether oxygens (including phenoxy) is 1. The molecule has 1 aliphatic rings. The standard InChI is InChI=1S/C17H27N3O3.2ClH/c1-3-4-5-6-15(19-11-9-18-10-12-19)14-7-8-17(23-2)16(13-14)20(21)22;;/h7-8,13,15,18H,3-6,9-12H2,1-2H3;2*1H/t15-;;/m1../s1. The highest BCUT2D eigenvalue weighted by atomic mass is 35.5. The molecule has 0 amide bonds. The first-order chi connectivity index (χ1) is 11.2. The molecule has 1 atom stereocenters. The van der Waals surface area contributed by atoms with Crippen molar-refractivity contribution in [2.24, 2.45) is 0 Å². The number of methoxy groups -OCH3 is 1. The van der Waals surface area contributed by atoms with Crippen LogP contribution >= 0.6 is 24.8 Å². The molecule has 8 heteroatoms. The largest absolute Gasteiger partial charge is 0.490 e.